The average Bonchev–Trinajstić information content (AvgIpc) is 2.64. The van der Waals surface area contributed by atoms with Gasteiger partial charge in [0.25, 0.3) is 0 Å². The highest BCUT2D eigenvalue weighted by molar-refractivity contribution is 6.31. The molecule has 0 radical (unpaired) electrons. The summed E-state index contributed by atoms with van der Waals surface area (Å²) in [4.78, 5) is 38.3. The third-order valence-electron chi connectivity index (χ3n) is 4.60. The van der Waals surface area contributed by atoms with Crippen molar-refractivity contribution >= 4 is 29.2 Å². The molecular weight excluding hydrogens is 344 g/mol. The highest BCUT2D eigenvalue weighted by Crippen LogP contribution is 2.28. The number of benzene rings is 1. The van der Waals surface area contributed by atoms with Crippen molar-refractivity contribution in [3.63, 3.8) is 0 Å². The standard InChI is InChI=1S/C18H19ClN2O4/c1-2-16(22)21-7-5-11(6-8-21)18(24)20-14-10-25-15-4-3-12(19)9-13(15)17(14)23/h2-4,9,11,14H,1,5-8,10H2,(H,20,24). The Bertz CT molecular complexity index is 726. The monoisotopic (exact) mass is 362 g/mol. The highest BCUT2D eigenvalue weighted by atomic mass is 35.5. The molecule has 1 fully saturated rings. The maximum Gasteiger partial charge on any atom is 0.245 e. The van der Waals surface area contributed by atoms with Crippen molar-refractivity contribution in [3.05, 3.63) is 41.4 Å². The molecule has 2 amide bonds. The van der Waals surface area contributed by atoms with Gasteiger partial charge >= 0.3 is 0 Å². The number of Topliss-reactive ketones (excluding diaryl/α,β-unsaturated/α-hetero) is 1. The largest absolute Gasteiger partial charge is 0.490 e. The number of fused-ring (bicyclic) bond motifs is 1. The number of hydrogen-bond donors (Lipinski definition) is 1. The minimum absolute atomic E-state index is 0.104. The number of likely N-dealkylation sites (tertiary alicyclic amines) is 1. The first-order chi connectivity index (χ1) is 12.0. The van der Waals surface area contributed by atoms with Crippen LogP contribution in [0, 0.1) is 5.92 Å². The lowest BCUT2D eigenvalue weighted by Gasteiger charge is -2.32. The molecule has 0 aromatic heterocycles. The zero-order valence-electron chi connectivity index (χ0n) is 13.7. The van der Waals surface area contributed by atoms with Crippen LogP contribution in [0.3, 0.4) is 0 Å². The lowest BCUT2D eigenvalue weighted by atomic mass is 9.94. The maximum atomic E-state index is 12.6. The Kier molecular flexibility index (Phi) is 5.08. The van der Waals surface area contributed by atoms with Crippen molar-refractivity contribution in [3.8, 4) is 5.75 Å². The van der Waals surface area contributed by atoms with Gasteiger partial charge in [0.1, 0.15) is 18.4 Å². The molecular formula is C18H19ClN2O4. The predicted octanol–water partition coefficient (Wildman–Crippen LogP) is 1.82. The van der Waals surface area contributed by atoms with Crippen LogP contribution >= 0.6 is 11.6 Å². The molecule has 25 heavy (non-hydrogen) atoms. The molecule has 0 saturated carbocycles. The summed E-state index contributed by atoms with van der Waals surface area (Å²) < 4.78 is 5.55. The fourth-order valence-electron chi connectivity index (χ4n) is 3.15. The summed E-state index contributed by atoms with van der Waals surface area (Å²) in [7, 11) is 0. The molecule has 7 heteroatoms. The van der Waals surface area contributed by atoms with Gasteiger partial charge in [0, 0.05) is 24.0 Å². The van der Waals surface area contributed by atoms with Gasteiger partial charge in [-0.25, -0.2) is 0 Å². The number of carbonyl (C=O) groups excluding carboxylic acids is 3. The van der Waals surface area contributed by atoms with E-state index in [4.69, 9.17) is 16.3 Å². The van der Waals surface area contributed by atoms with Crippen LogP contribution in [0.5, 0.6) is 5.75 Å². The fraction of sp³-hybridized carbons (Fsp3) is 0.389. The molecule has 3 rings (SSSR count). The van der Waals surface area contributed by atoms with E-state index in [1.54, 1.807) is 23.1 Å². The quantitative estimate of drug-likeness (QED) is 0.832. The van der Waals surface area contributed by atoms with E-state index >= 15 is 0 Å². The SMILES string of the molecule is C=CC(=O)N1CCC(C(=O)NC2COc3ccc(Cl)cc3C2=O)CC1. The second kappa shape index (κ2) is 7.27. The van der Waals surface area contributed by atoms with E-state index < -0.39 is 6.04 Å². The van der Waals surface area contributed by atoms with E-state index in [2.05, 4.69) is 11.9 Å². The number of rotatable bonds is 3. The molecule has 1 atom stereocenters. The number of halogens is 1. The summed E-state index contributed by atoms with van der Waals surface area (Å²) >= 11 is 5.93. The van der Waals surface area contributed by atoms with Crippen LogP contribution in [0.4, 0.5) is 0 Å². The Morgan fingerprint density at radius 2 is 2.04 bits per heavy atom. The number of hydrogen-bond acceptors (Lipinski definition) is 4. The molecule has 0 bridgehead atoms. The Morgan fingerprint density at radius 1 is 1.32 bits per heavy atom. The molecule has 1 aromatic carbocycles. The van der Waals surface area contributed by atoms with Crippen LogP contribution in [-0.2, 0) is 9.59 Å². The van der Waals surface area contributed by atoms with Gasteiger partial charge < -0.3 is 15.0 Å². The highest BCUT2D eigenvalue weighted by Gasteiger charge is 2.33. The molecule has 1 N–H and O–H groups in total. The van der Waals surface area contributed by atoms with Gasteiger partial charge in [-0.3, -0.25) is 14.4 Å². The van der Waals surface area contributed by atoms with Gasteiger partial charge in [-0.15, -0.1) is 0 Å². The first-order valence-electron chi connectivity index (χ1n) is 8.18. The van der Waals surface area contributed by atoms with Gasteiger partial charge in [0.2, 0.25) is 11.8 Å². The van der Waals surface area contributed by atoms with E-state index in [0.717, 1.165) is 0 Å². The minimum Gasteiger partial charge on any atom is -0.490 e. The van der Waals surface area contributed by atoms with Crippen molar-refractivity contribution < 1.29 is 19.1 Å². The third kappa shape index (κ3) is 3.69. The van der Waals surface area contributed by atoms with Crippen LogP contribution in [-0.4, -0.2) is 48.2 Å². The number of ether oxygens (including phenoxy) is 1. The molecule has 1 aromatic rings. The predicted molar refractivity (Wildman–Crippen MR) is 92.7 cm³/mol. The van der Waals surface area contributed by atoms with Gasteiger partial charge in [0.05, 0.1) is 5.56 Å². The van der Waals surface area contributed by atoms with Crippen LogP contribution in [0.1, 0.15) is 23.2 Å². The van der Waals surface area contributed by atoms with Crippen molar-refractivity contribution in [2.75, 3.05) is 19.7 Å². The van der Waals surface area contributed by atoms with Gasteiger partial charge in [-0.05, 0) is 37.1 Å². The molecule has 2 aliphatic heterocycles. The summed E-state index contributed by atoms with van der Waals surface area (Å²) in [6, 6.07) is 4.15. The van der Waals surface area contributed by atoms with Crippen LogP contribution < -0.4 is 10.1 Å². The van der Waals surface area contributed by atoms with Gasteiger partial charge in [-0.1, -0.05) is 18.2 Å². The van der Waals surface area contributed by atoms with Crippen molar-refractivity contribution in [1.82, 2.24) is 10.2 Å². The Balaban J connectivity index is 1.60. The van der Waals surface area contributed by atoms with Crippen LogP contribution in [0.25, 0.3) is 0 Å². The molecule has 1 unspecified atom stereocenters. The summed E-state index contributed by atoms with van der Waals surface area (Å²) in [5, 5.41) is 3.22. The molecule has 132 valence electrons. The number of piperidine rings is 1. The summed E-state index contributed by atoms with van der Waals surface area (Å²) in [5.41, 5.74) is 0.385. The number of carbonyl (C=O) groups is 3. The zero-order chi connectivity index (χ0) is 18.0. The normalized spacial score (nSPS) is 20.4. The Morgan fingerprint density at radius 3 is 2.72 bits per heavy atom. The van der Waals surface area contributed by atoms with Gasteiger partial charge in [-0.2, -0.15) is 0 Å². The Hall–Kier alpha value is -2.34. The van der Waals surface area contributed by atoms with Gasteiger partial charge in [0.15, 0.2) is 5.78 Å². The van der Waals surface area contributed by atoms with E-state index in [1.165, 1.54) is 6.08 Å². The molecule has 2 aliphatic rings. The molecule has 2 heterocycles. The summed E-state index contributed by atoms with van der Waals surface area (Å²) in [6.07, 6.45) is 2.41. The lowest BCUT2D eigenvalue weighted by molar-refractivity contribution is -0.132. The maximum absolute atomic E-state index is 12.6. The van der Waals surface area contributed by atoms with Crippen LogP contribution in [0.2, 0.25) is 5.02 Å². The smallest absolute Gasteiger partial charge is 0.245 e. The molecule has 0 aliphatic carbocycles. The first kappa shape index (κ1) is 17.5. The average molecular weight is 363 g/mol. The van der Waals surface area contributed by atoms with E-state index in [0.29, 0.717) is 42.3 Å². The zero-order valence-corrected chi connectivity index (χ0v) is 14.4. The van der Waals surface area contributed by atoms with Crippen molar-refractivity contribution in [2.24, 2.45) is 5.92 Å². The number of nitrogens with one attached hydrogen (secondary N) is 1. The third-order valence-corrected chi connectivity index (χ3v) is 4.83. The van der Waals surface area contributed by atoms with E-state index in [9.17, 15) is 14.4 Å². The number of ketones is 1. The Labute approximate surface area is 150 Å². The fourth-order valence-corrected chi connectivity index (χ4v) is 3.32. The van der Waals surface area contributed by atoms with Crippen LogP contribution in [0.15, 0.2) is 30.9 Å². The van der Waals surface area contributed by atoms with E-state index in [-0.39, 0.29) is 30.1 Å². The lowest BCUT2D eigenvalue weighted by Crippen LogP contribution is -2.50. The second-order valence-electron chi connectivity index (χ2n) is 6.18. The van der Waals surface area contributed by atoms with Crippen molar-refractivity contribution in [1.29, 1.82) is 0 Å². The molecule has 0 spiro atoms. The molecule has 1 saturated heterocycles. The van der Waals surface area contributed by atoms with Crippen molar-refractivity contribution in [2.45, 2.75) is 18.9 Å². The minimum atomic E-state index is -0.716. The number of nitrogens with zero attached hydrogens (tertiary/aromatic N) is 1. The molecule has 6 nitrogen and oxygen atoms in total. The summed E-state index contributed by atoms with van der Waals surface area (Å²) in [6.45, 7) is 4.59. The first-order valence-corrected chi connectivity index (χ1v) is 8.55. The topological polar surface area (TPSA) is 75.7 Å². The number of amides is 2. The second-order valence-corrected chi connectivity index (χ2v) is 6.62. The summed E-state index contributed by atoms with van der Waals surface area (Å²) in [5.74, 6) is -0.240. The van der Waals surface area contributed by atoms with E-state index in [1.807, 2.05) is 0 Å².